The summed E-state index contributed by atoms with van der Waals surface area (Å²) >= 11 is 3.04. The SMILES string of the molecule is CCOC(=O)C(=NOC1CCC(C(C)(C)C)CC1)C(=O)CBr. The minimum atomic E-state index is -0.727. The van der Waals surface area contributed by atoms with E-state index in [0.29, 0.717) is 11.3 Å². The fraction of sp³-hybridized carbons (Fsp3) is 0.812. The number of Topliss-reactive ketones (excluding diaryl/α,β-unsaturated/α-hetero) is 1. The number of carbonyl (C=O) groups is 2. The molecule has 0 aromatic heterocycles. The molecule has 22 heavy (non-hydrogen) atoms. The summed E-state index contributed by atoms with van der Waals surface area (Å²) in [7, 11) is 0. The Hall–Kier alpha value is -0.910. The first kappa shape index (κ1) is 19.1. The van der Waals surface area contributed by atoms with Crippen molar-refractivity contribution in [3.63, 3.8) is 0 Å². The molecule has 1 fully saturated rings. The van der Waals surface area contributed by atoms with Gasteiger partial charge in [0.15, 0.2) is 0 Å². The summed E-state index contributed by atoms with van der Waals surface area (Å²) in [6.45, 7) is 8.65. The largest absolute Gasteiger partial charge is 0.461 e. The first-order chi connectivity index (χ1) is 10.3. The van der Waals surface area contributed by atoms with Gasteiger partial charge in [0.25, 0.3) is 0 Å². The minimum Gasteiger partial charge on any atom is -0.461 e. The van der Waals surface area contributed by atoms with Gasteiger partial charge in [-0.05, 0) is 43.9 Å². The fourth-order valence-corrected chi connectivity index (χ4v) is 2.89. The van der Waals surface area contributed by atoms with Crippen molar-refractivity contribution < 1.29 is 19.2 Å². The van der Waals surface area contributed by atoms with E-state index in [9.17, 15) is 9.59 Å². The average Bonchev–Trinajstić information content (AvgIpc) is 2.47. The third-order valence-electron chi connectivity index (χ3n) is 4.05. The molecule has 1 aliphatic rings. The zero-order valence-corrected chi connectivity index (χ0v) is 15.4. The Morgan fingerprint density at radius 3 is 2.23 bits per heavy atom. The van der Waals surface area contributed by atoms with Gasteiger partial charge in [0, 0.05) is 0 Å². The van der Waals surface area contributed by atoms with Crippen molar-refractivity contribution in [1.29, 1.82) is 0 Å². The second-order valence-electron chi connectivity index (χ2n) is 6.66. The first-order valence-corrected chi connectivity index (χ1v) is 8.91. The van der Waals surface area contributed by atoms with E-state index < -0.39 is 11.8 Å². The van der Waals surface area contributed by atoms with Gasteiger partial charge in [-0.15, -0.1) is 0 Å². The molecule has 0 aromatic carbocycles. The van der Waals surface area contributed by atoms with Gasteiger partial charge in [0.1, 0.15) is 6.10 Å². The highest BCUT2D eigenvalue weighted by molar-refractivity contribution is 9.09. The maximum Gasteiger partial charge on any atom is 0.364 e. The second kappa shape index (κ2) is 8.65. The van der Waals surface area contributed by atoms with Crippen LogP contribution in [0.25, 0.3) is 0 Å². The standard InChI is InChI=1S/C16H26BrNO4/c1-5-21-15(20)14(13(19)10-17)18-22-12-8-6-11(7-9-12)16(2,3)4/h11-12H,5-10H2,1-4H3. The van der Waals surface area contributed by atoms with Crippen molar-refractivity contribution in [3.8, 4) is 0 Å². The molecular formula is C16H26BrNO4. The highest BCUT2D eigenvalue weighted by atomic mass is 79.9. The van der Waals surface area contributed by atoms with Crippen LogP contribution in [0.4, 0.5) is 0 Å². The van der Waals surface area contributed by atoms with Gasteiger partial charge in [0.05, 0.1) is 11.9 Å². The molecule has 0 atom stereocenters. The number of rotatable bonds is 6. The van der Waals surface area contributed by atoms with E-state index in [4.69, 9.17) is 9.57 Å². The lowest BCUT2D eigenvalue weighted by atomic mass is 9.72. The van der Waals surface area contributed by atoms with E-state index in [2.05, 4.69) is 41.9 Å². The quantitative estimate of drug-likeness (QED) is 0.234. The molecule has 0 heterocycles. The van der Waals surface area contributed by atoms with Crippen LogP contribution in [0, 0.1) is 11.3 Å². The number of halogens is 1. The lowest BCUT2D eigenvalue weighted by Crippen LogP contribution is -2.30. The summed E-state index contributed by atoms with van der Waals surface area (Å²) in [4.78, 5) is 28.9. The van der Waals surface area contributed by atoms with E-state index >= 15 is 0 Å². The van der Waals surface area contributed by atoms with E-state index in [0.717, 1.165) is 25.7 Å². The van der Waals surface area contributed by atoms with E-state index in [1.54, 1.807) is 6.92 Å². The van der Waals surface area contributed by atoms with Crippen LogP contribution in [0.2, 0.25) is 0 Å². The smallest absolute Gasteiger partial charge is 0.364 e. The van der Waals surface area contributed by atoms with Gasteiger partial charge >= 0.3 is 5.97 Å². The molecule has 0 radical (unpaired) electrons. The Balaban J connectivity index is 2.61. The van der Waals surface area contributed by atoms with Crippen LogP contribution in [0.1, 0.15) is 53.4 Å². The molecule has 0 saturated heterocycles. The van der Waals surface area contributed by atoms with Crippen LogP contribution >= 0.6 is 15.9 Å². The van der Waals surface area contributed by atoms with Crippen molar-refractivity contribution >= 4 is 33.4 Å². The van der Waals surface area contributed by atoms with Gasteiger partial charge in [-0.1, -0.05) is 41.9 Å². The van der Waals surface area contributed by atoms with E-state index in [-0.39, 0.29) is 23.8 Å². The lowest BCUT2D eigenvalue weighted by Gasteiger charge is -2.36. The summed E-state index contributed by atoms with van der Waals surface area (Å²) in [5, 5.41) is 3.81. The summed E-state index contributed by atoms with van der Waals surface area (Å²) in [5.74, 6) is -0.484. The number of ketones is 1. The van der Waals surface area contributed by atoms with E-state index in [1.807, 2.05) is 0 Å². The van der Waals surface area contributed by atoms with Crippen molar-refractivity contribution in [2.24, 2.45) is 16.5 Å². The first-order valence-electron chi connectivity index (χ1n) is 7.79. The Morgan fingerprint density at radius 2 is 1.77 bits per heavy atom. The molecule has 0 aliphatic heterocycles. The molecule has 6 heteroatoms. The van der Waals surface area contributed by atoms with Gasteiger partial charge < -0.3 is 9.57 Å². The molecule has 0 amide bonds. The van der Waals surface area contributed by atoms with Crippen LogP contribution in [-0.2, 0) is 19.2 Å². The van der Waals surface area contributed by atoms with Crippen molar-refractivity contribution in [2.75, 3.05) is 11.9 Å². The Morgan fingerprint density at radius 1 is 1.18 bits per heavy atom. The van der Waals surface area contributed by atoms with Crippen LogP contribution in [-0.4, -0.2) is 35.5 Å². The van der Waals surface area contributed by atoms with Crippen LogP contribution in [0.5, 0.6) is 0 Å². The number of carbonyl (C=O) groups excluding carboxylic acids is 2. The third kappa shape index (κ3) is 5.71. The maximum absolute atomic E-state index is 11.7. The zero-order chi connectivity index (χ0) is 16.8. The summed E-state index contributed by atoms with van der Waals surface area (Å²) in [6, 6.07) is 0. The molecule has 126 valence electrons. The summed E-state index contributed by atoms with van der Waals surface area (Å²) in [6.07, 6.45) is 3.90. The number of esters is 1. The highest BCUT2D eigenvalue weighted by Gasteiger charge is 2.31. The van der Waals surface area contributed by atoms with Gasteiger partial charge in [-0.25, -0.2) is 4.79 Å². The van der Waals surface area contributed by atoms with Crippen molar-refractivity contribution in [1.82, 2.24) is 0 Å². The van der Waals surface area contributed by atoms with Crippen molar-refractivity contribution in [3.05, 3.63) is 0 Å². The predicted molar refractivity (Wildman–Crippen MR) is 89.2 cm³/mol. The maximum atomic E-state index is 11.7. The monoisotopic (exact) mass is 375 g/mol. The number of oxime groups is 1. The third-order valence-corrected chi connectivity index (χ3v) is 4.56. The second-order valence-corrected chi connectivity index (χ2v) is 7.22. The number of ether oxygens (including phenoxy) is 1. The Kier molecular flexibility index (Phi) is 7.53. The molecule has 1 rings (SSSR count). The molecule has 1 aliphatic carbocycles. The predicted octanol–water partition coefficient (Wildman–Crippen LogP) is 3.49. The highest BCUT2D eigenvalue weighted by Crippen LogP contribution is 2.38. The van der Waals surface area contributed by atoms with Crippen LogP contribution in [0.3, 0.4) is 0 Å². The molecule has 0 N–H and O–H groups in total. The van der Waals surface area contributed by atoms with E-state index in [1.165, 1.54) is 0 Å². The normalized spacial score (nSPS) is 23.0. The molecule has 0 bridgehead atoms. The number of hydrogen-bond acceptors (Lipinski definition) is 5. The molecule has 1 saturated carbocycles. The number of alkyl halides is 1. The number of nitrogens with zero attached hydrogens (tertiary/aromatic N) is 1. The average molecular weight is 376 g/mol. The van der Waals surface area contributed by atoms with Crippen LogP contribution < -0.4 is 0 Å². The van der Waals surface area contributed by atoms with Gasteiger partial charge in [-0.2, -0.15) is 0 Å². The molecular weight excluding hydrogens is 350 g/mol. The Bertz CT molecular complexity index is 420. The lowest BCUT2D eigenvalue weighted by molar-refractivity contribution is -0.136. The van der Waals surface area contributed by atoms with Crippen LogP contribution in [0.15, 0.2) is 5.16 Å². The topological polar surface area (TPSA) is 65.0 Å². The fourth-order valence-electron chi connectivity index (χ4n) is 2.63. The molecule has 0 spiro atoms. The number of hydrogen-bond donors (Lipinski definition) is 0. The molecule has 0 unspecified atom stereocenters. The van der Waals surface area contributed by atoms with Crippen molar-refractivity contribution in [2.45, 2.75) is 59.5 Å². The Labute approximate surface area is 140 Å². The molecule has 5 nitrogen and oxygen atoms in total. The summed E-state index contributed by atoms with van der Waals surface area (Å²) in [5.41, 5.74) is 0.0349. The summed E-state index contributed by atoms with van der Waals surface area (Å²) < 4.78 is 4.84. The minimum absolute atomic E-state index is 0.0186. The van der Waals surface area contributed by atoms with Gasteiger partial charge in [0.2, 0.25) is 11.5 Å². The molecule has 0 aromatic rings. The zero-order valence-electron chi connectivity index (χ0n) is 13.9. The van der Waals surface area contributed by atoms with Gasteiger partial charge in [-0.3, -0.25) is 4.79 Å².